The monoisotopic (exact) mass is 434 g/mol. The van der Waals surface area contributed by atoms with Gasteiger partial charge in [0.15, 0.2) is 0 Å². The minimum Gasteiger partial charge on any atom is -0.595 e. The van der Waals surface area contributed by atoms with Gasteiger partial charge in [-0.1, -0.05) is 19.1 Å². The van der Waals surface area contributed by atoms with Crippen LogP contribution in [0.15, 0.2) is 18.2 Å². The molecule has 0 saturated carbocycles. The van der Waals surface area contributed by atoms with Crippen molar-refractivity contribution < 1.29 is 32.8 Å². The molecule has 1 amide bonds. The molecule has 0 bridgehead atoms. The Morgan fingerprint density at radius 3 is 2.64 bits per heavy atom. The fraction of sp³-hybridized carbons (Fsp3) is 0.588. The Bertz CT molecular complexity index is 753. The predicted molar refractivity (Wildman–Crippen MR) is 106 cm³/mol. The number of hydrogen-bond acceptors (Lipinski definition) is 6. The molecule has 1 heterocycles. The summed E-state index contributed by atoms with van der Waals surface area (Å²) in [5.41, 5.74) is 0.828. The molecular formula is C17H27N2O7PS. The molecule has 0 saturated heterocycles. The van der Waals surface area contributed by atoms with Crippen LogP contribution in [0.1, 0.15) is 43.7 Å². The van der Waals surface area contributed by atoms with Crippen LogP contribution < -0.4 is 10.1 Å². The normalized spacial score (nSPS) is 17.7. The third kappa shape index (κ3) is 4.82. The van der Waals surface area contributed by atoms with E-state index in [1.807, 2.05) is 26.8 Å². The molecule has 2 rings (SSSR count). The molecule has 2 unspecified atom stereocenters. The van der Waals surface area contributed by atoms with Crippen molar-refractivity contribution in [1.82, 2.24) is 9.39 Å². The lowest BCUT2D eigenvalue weighted by molar-refractivity contribution is 0.136. The quantitative estimate of drug-likeness (QED) is 0.448. The van der Waals surface area contributed by atoms with Crippen LogP contribution in [0.2, 0.25) is 0 Å². The molecule has 28 heavy (non-hydrogen) atoms. The van der Waals surface area contributed by atoms with E-state index >= 15 is 0 Å². The van der Waals surface area contributed by atoms with Gasteiger partial charge in [0.2, 0.25) is 5.37 Å². The number of nitrogens with one attached hydrogen (secondary N) is 1. The Kier molecular flexibility index (Phi) is 7.41. The second-order valence-corrected chi connectivity index (χ2v) is 10.8. The summed E-state index contributed by atoms with van der Waals surface area (Å²) in [6.45, 7) is 5.76. The lowest BCUT2D eigenvalue weighted by Crippen LogP contribution is -2.41. The minimum absolute atomic E-state index is 0.116. The predicted octanol–water partition coefficient (Wildman–Crippen LogP) is 3.44. The first-order chi connectivity index (χ1) is 13.1. The molecule has 0 fully saturated rings. The van der Waals surface area contributed by atoms with E-state index in [9.17, 15) is 19.0 Å². The molecule has 11 heteroatoms. The van der Waals surface area contributed by atoms with Gasteiger partial charge in [-0.2, -0.15) is 0 Å². The number of benzene rings is 1. The molecular weight excluding hydrogens is 407 g/mol. The number of para-hydroxylation sites is 1. The van der Waals surface area contributed by atoms with Crippen molar-refractivity contribution in [2.45, 2.75) is 44.6 Å². The van der Waals surface area contributed by atoms with Crippen LogP contribution in [0, 0.1) is 0 Å². The average Bonchev–Trinajstić information content (AvgIpc) is 2.96. The van der Waals surface area contributed by atoms with Crippen LogP contribution in [-0.4, -0.2) is 46.2 Å². The van der Waals surface area contributed by atoms with Crippen molar-refractivity contribution >= 4 is 25.2 Å². The van der Waals surface area contributed by atoms with Gasteiger partial charge in [0, 0.05) is 20.6 Å². The van der Waals surface area contributed by atoms with Gasteiger partial charge in [-0.15, -0.1) is 0 Å². The van der Waals surface area contributed by atoms with Crippen LogP contribution in [-0.2, 0) is 31.4 Å². The number of ether oxygens (including phenoxy) is 1. The van der Waals surface area contributed by atoms with E-state index in [0.717, 1.165) is 9.64 Å². The van der Waals surface area contributed by atoms with Gasteiger partial charge >= 0.3 is 13.8 Å². The van der Waals surface area contributed by atoms with Gasteiger partial charge in [-0.3, -0.25) is 14.4 Å². The highest BCUT2D eigenvalue weighted by molar-refractivity contribution is 7.94. The molecule has 0 aliphatic carbocycles. The first-order valence-corrected chi connectivity index (χ1v) is 11.5. The maximum Gasteiger partial charge on any atom is 0.449 e. The van der Waals surface area contributed by atoms with Gasteiger partial charge in [0.1, 0.15) is 11.4 Å². The number of fused-ring (bicyclic) bond motifs is 1. The molecule has 1 aliphatic heterocycles. The molecule has 9 nitrogen and oxygen atoms in total. The molecule has 2 atom stereocenters. The van der Waals surface area contributed by atoms with Crippen LogP contribution in [0.4, 0.5) is 4.79 Å². The summed E-state index contributed by atoms with van der Waals surface area (Å²) in [5.74, 6) is 0.487. The summed E-state index contributed by atoms with van der Waals surface area (Å²) in [7, 11) is -1.49. The largest absolute Gasteiger partial charge is 0.595 e. The number of rotatable bonds is 9. The zero-order valence-corrected chi connectivity index (χ0v) is 18.3. The molecule has 1 aromatic carbocycles. The highest BCUT2D eigenvalue weighted by Gasteiger charge is 2.47. The SMILES string of the molecule is CCCN([S+]([O-])C(NC(=O)O)c1cccc2c1OC(C)(C)C2)P(=O)(OC)OC. The summed E-state index contributed by atoms with van der Waals surface area (Å²) in [5, 5.41) is 10.4. The molecule has 2 N–H and O–H groups in total. The fourth-order valence-electron chi connectivity index (χ4n) is 3.08. The Hall–Kier alpha value is -1.29. The standard InChI is InChI=1S/C17H27N2O7PS/c1-6-10-19(27(22,24-4)25-5)28(23)15(18-16(20)21)13-9-7-8-12-11-17(2,3)26-14(12)13/h7-9,15,18H,6,10-11H2,1-5H3,(H,20,21). The van der Waals surface area contributed by atoms with Gasteiger partial charge in [-0.05, 0) is 36.0 Å². The van der Waals surface area contributed by atoms with E-state index < -0.39 is 36.2 Å². The van der Waals surface area contributed by atoms with E-state index in [4.69, 9.17) is 13.8 Å². The lowest BCUT2D eigenvalue weighted by Gasteiger charge is -2.32. The summed E-state index contributed by atoms with van der Waals surface area (Å²) in [4.78, 5) is 11.4. The molecule has 1 aliphatic rings. The minimum atomic E-state index is -3.87. The molecule has 158 valence electrons. The van der Waals surface area contributed by atoms with Crippen molar-refractivity contribution in [3.8, 4) is 5.75 Å². The van der Waals surface area contributed by atoms with Gasteiger partial charge in [0.25, 0.3) is 0 Å². The lowest BCUT2D eigenvalue weighted by atomic mass is 10.0. The highest BCUT2D eigenvalue weighted by Crippen LogP contribution is 2.54. The van der Waals surface area contributed by atoms with Crippen LogP contribution in [0.3, 0.4) is 0 Å². The molecule has 0 spiro atoms. The topological polar surface area (TPSA) is 120 Å². The zero-order chi connectivity index (χ0) is 21.1. The van der Waals surface area contributed by atoms with Crippen LogP contribution in [0.5, 0.6) is 5.75 Å². The van der Waals surface area contributed by atoms with E-state index in [0.29, 0.717) is 24.2 Å². The van der Waals surface area contributed by atoms with Crippen molar-refractivity contribution in [3.63, 3.8) is 0 Å². The summed E-state index contributed by atoms with van der Waals surface area (Å²) in [6, 6.07) is 5.28. The maximum atomic E-state index is 13.4. The van der Waals surface area contributed by atoms with Crippen molar-refractivity contribution in [1.29, 1.82) is 0 Å². The third-order valence-electron chi connectivity index (χ3n) is 4.22. The van der Waals surface area contributed by atoms with Gasteiger partial charge < -0.3 is 14.4 Å². The maximum absolute atomic E-state index is 13.4. The Morgan fingerprint density at radius 1 is 1.46 bits per heavy atom. The average molecular weight is 434 g/mol. The van der Waals surface area contributed by atoms with Crippen molar-refractivity contribution in [3.05, 3.63) is 29.3 Å². The number of carboxylic acid groups (broad SMARTS) is 1. The van der Waals surface area contributed by atoms with Crippen LogP contribution >= 0.6 is 7.75 Å². The Balaban J connectivity index is 2.51. The summed E-state index contributed by atoms with van der Waals surface area (Å²) >= 11 is -2.11. The Labute approximate surface area is 168 Å². The van der Waals surface area contributed by atoms with E-state index in [1.165, 1.54) is 14.2 Å². The first-order valence-electron chi connectivity index (χ1n) is 8.79. The van der Waals surface area contributed by atoms with Gasteiger partial charge in [-0.25, -0.2) is 9.36 Å². The molecule has 1 aromatic rings. The van der Waals surface area contributed by atoms with E-state index in [-0.39, 0.29) is 6.54 Å². The second kappa shape index (κ2) is 9.02. The number of carbonyl (C=O) groups is 1. The van der Waals surface area contributed by atoms with Gasteiger partial charge in [0.05, 0.1) is 23.5 Å². The summed E-state index contributed by atoms with van der Waals surface area (Å²) < 4.78 is 43.4. The molecule has 0 radical (unpaired) electrons. The van der Waals surface area contributed by atoms with Crippen molar-refractivity contribution in [2.75, 3.05) is 20.8 Å². The van der Waals surface area contributed by atoms with Crippen LogP contribution in [0.25, 0.3) is 0 Å². The smallest absolute Gasteiger partial charge is 0.449 e. The number of hydrogen-bond donors (Lipinski definition) is 2. The second-order valence-electron chi connectivity index (χ2n) is 6.89. The third-order valence-corrected chi connectivity index (χ3v) is 8.34. The molecule has 0 aromatic heterocycles. The number of nitrogens with zero attached hydrogens (tertiary/aromatic N) is 1. The highest BCUT2D eigenvalue weighted by atomic mass is 32.2. The zero-order valence-electron chi connectivity index (χ0n) is 16.6. The first kappa shape index (κ1) is 23.0. The fourth-order valence-corrected chi connectivity index (χ4v) is 6.72. The Morgan fingerprint density at radius 2 is 2.11 bits per heavy atom. The summed E-state index contributed by atoms with van der Waals surface area (Å²) in [6.07, 6.45) is -0.233. The van der Waals surface area contributed by atoms with Crippen molar-refractivity contribution in [2.24, 2.45) is 0 Å². The van der Waals surface area contributed by atoms with E-state index in [1.54, 1.807) is 12.1 Å². The van der Waals surface area contributed by atoms with E-state index in [2.05, 4.69) is 5.32 Å². The number of amides is 1.